The molecule has 2 aromatic heterocycles. The Bertz CT molecular complexity index is 1570. The van der Waals surface area contributed by atoms with Gasteiger partial charge < -0.3 is 15.2 Å². The summed E-state index contributed by atoms with van der Waals surface area (Å²) in [6, 6.07) is 17.3. The molecule has 0 spiro atoms. The lowest BCUT2D eigenvalue weighted by molar-refractivity contribution is -0.124. The lowest BCUT2D eigenvalue weighted by Gasteiger charge is -2.45. The monoisotopic (exact) mass is 514 g/mol. The third kappa shape index (κ3) is 4.60. The van der Waals surface area contributed by atoms with Crippen LogP contribution in [0.15, 0.2) is 71.5 Å². The molecule has 8 nitrogen and oxygen atoms in total. The summed E-state index contributed by atoms with van der Waals surface area (Å²) in [5.74, 6) is -1.38. The van der Waals surface area contributed by atoms with E-state index in [0.717, 1.165) is 11.1 Å². The number of halogens is 2. The topological polar surface area (TPSA) is 108 Å². The molecule has 2 N–H and O–H groups in total. The van der Waals surface area contributed by atoms with Crippen molar-refractivity contribution in [1.29, 1.82) is 5.26 Å². The minimum Gasteiger partial charge on any atom is -0.368 e. The number of primary amides is 1. The Kier molecular flexibility index (Phi) is 6.61. The van der Waals surface area contributed by atoms with E-state index in [9.17, 15) is 23.6 Å². The minimum absolute atomic E-state index is 0.148. The van der Waals surface area contributed by atoms with Gasteiger partial charge in [0.15, 0.2) is 0 Å². The van der Waals surface area contributed by atoms with Crippen LogP contribution >= 0.6 is 0 Å². The van der Waals surface area contributed by atoms with Crippen molar-refractivity contribution in [2.45, 2.75) is 12.1 Å². The first-order valence-electron chi connectivity index (χ1n) is 12.0. The van der Waals surface area contributed by atoms with Gasteiger partial charge in [0, 0.05) is 32.7 Å². The Labute approximate surface area is 217 Å². The molecular formula is C28H24F2N6O2. The number of piperazine rings is 1. The molecule has 2 aromatic carbocycles. The number of nitriles is 1. The largest absolute Gasteiger partial charge is 0.368 e. The average Bonchev–Trinajstić information content (AvgIpc) is 2.92. The maximum atomic E-state index is 13.7. The molecule has 0 aliphatic carbocycles. The van der Waals surface area contributed by atoms with E-state index in [-0.39, 0.29) is 17.8 Å². The fourth-order valence-corrected chi connectivity index (χ4v) is 5.06. The predicted octanol–water partition coefficient (Wildman–Crippen LogP) is 2.85. The summed E-state index contributed by atoms with van der Waals surface area (Å²) in [5, 5.41) is 9.37. The van der Waals surface area contributed by atoms with Crippen molar-refractivity contribution >= 4 is 22.6 Å². The van der Waals surface area contributed by atoms with Gasteiger partial charge in [0.25, 0.3) is 5.56 Å². The summed E-state index contributed by atoms with van der Waals surface area (Å²) >= 11 is 0. The van der Waals surface area contributed by atoms with E-state index in [1.54, 1.807) is 43.4 Å². The molecule has 1 saturated heterocycles. The number of rotatable bonds is 5. The first-order valence-corrected chi connectivity index (χ1v) is 12.0. The van der Waals surface area contributed by atoms with Crippen molar-refractivity contribution in [3.8, 4) is 6.07 Å². The van der Waals surface area contributed by atoms with Crippen LogP contribution in [0, 0.1) is 23.0 Å². The number of amides is 1. The second-order valence-electron chi connectivity index (χ2n) is 9.21. The van der Waals surface area contributed by atoms with Crippen LogP contribution < -0.4 is 16.2 Å². The van der Waals surface area contributed by atoms with E-state index < -0.39 is 29.6 Å². The van der Waals surface area contributed by atoms with Crippen LogP contribution in [0.25, 0.3) is 11.0 Å². The molecule has 1 amide bonds. The summed E-state index contributed by atoms with van der Waals surface area (Å²) in [6.45, 7) is 0.903. The van der Waals surface area contributed by atoms with Crippen LogP contribution in [0.2, 0.25) is 0 Å². The molecule has 5 rings (SSSR count). The highest BCUT2D eigenvalue weighted by atomic mass is 19.1. The average molecular weight is 515 g/mol. The molecule has 192 valence electrons. The number of pyridine rings is 2. The Morgan fingerprint density at radius 1 is 1.03 bits per heavy atom. The van der Waals surface area contributed by atoms with Crippen molar-refractivity contribution in [2.75, 3.05) is 24.5 Å². The van der Waals surface area contributed by atoms with Gasteiger partial charge in [-0.05, 0) is 47.5 Å². The second-order valence-corrected chi connectivity index (χ2v) is 9.21. The van der Waals surface area contributed by atoms with Crippen molar-refractivity contribution in [1.82, 2.24) is 14.5 Å². The van der Waals surface area contributed by atoms with Gasteiger partial charge in [-0.3, -0.25) is 14.5 Å². The number of nitrogens with two attached hydrogens (primary N) is 1. The summed E-state index contributed by atoms with van der Waals surface area (Å²) in [7, 11) is 1.63. The van der Waals surface area contributed by atoms with Crippen molar-refractivity contribution in [3.63, 3.8) is 0 Å². The van der Waals surface area contributed by atoms with E-state index in [1.165, 1.54) is 34.9 Å². The van der Waals surface area contributed by atoms with Gasteiger partial charge in [0.05, 0.1) is 17.2 Å². The van der Waals surface area contributed by atoms with Crippen molar-refractivity contribution in [3.05, 3.63) is 106 Å². The molecule has 10 heteroatoms. The molecule has 1 fully saturated rings. The standard InChI is InChI=1S/C28H24F2N6O2/c1-34-22-11-10-21(15-31)33-26(22)23(14-25(34)37)35-12-13-36(24(16-35)28(32)38)27(17-2-6-19(29)7-3-17)18-4-8-20(30)9-5-18/h2-11,14,24,27H,12-13,16H2,1H3,(H2,32,38). The molecular weight excluding hydrogens is 490 g/mol. The zero-order valence-electron chi connectivity index (χ0n) is 20.5. The molecule has 3 heterocycles. The number of aromatic nitrogens is 2. The molecule has 1 unspecified atom stereocenters. The molecule has 38 heavy (non-hydrogen) atoms. The summed E-state index contributed by atoms with van der Waals surface area (Å²) in [6.07, 6.45) is 0. The first-order chi connectivity index (χ1) is 18.3. The molecule has 0 saturated carbocycles. The number of hydrogen-bond acceptors (Lipinski definition) is 6. The van der Waals surface area contributed by atoms with Gasteiger partial charge in [-0.25, -0.2) is 13.8 Å². The van der Waals surface area contributed by atoms with Crippen molar-refractivity contribution < 1.29 is 13.6 Å². The number of hydrogen-bond donors (Lipinski definition) is 1. The number of fused-ring (bicyclic) bond motifs is 1. The molecule has 1 aliphatic heterocycles. The van der Waals surface area contributed by atoms with Gasteiger partial charge in [-0.2, -0.15) is 5.26 Å². The molecule has 0 bridgehead atoms. The van der Waals surface area contributed by atoms with Gasteiger partial charge in [-0.15, -0.1) is 0 Å². The third-order valence-electron chi connectivity index (χ3n) is 6.98. The number of carbonyl (C=O) groups is 1. The van der Waals surface area contributed by atoms with E-state index in [0.29, 0.717) is 29.8 Å². The van der Waals surface area contributed by atoms with E-state index in [1.807, 2.05) is 15.9 Å². The van der Waals surface area contributed by atoms with Crippen LogP contribution in [-0.4, -0.2) is 46.0 Å². The van der Waals surface area contributed by atoms with Crippen LogP contribution in [0.1, 0.15) is 22.9 Å². The molecule has 0 radical (unpaired) electrons. The highest BCUT2D eigenvalue weighted by molar-refractivity contribution is 5.89. The Hall–Kier alpha value is -4.62. The maximum absolute atomic E-state index is 13.7. The van der Waals surface area contributed by atoms with E-state index in [2.05, 4.69) is 4.98 Å². The van der Waals surface area contributed by atoms with Gasteiger partial charge in [-0.1, -0.05) is 24.3 Å². The molecule has 1 aliphatic rings. The normalized spacial score (nSPS) is 16.1. The second kappa shape index (κ2) is 10.0. The first kappa shape index (κ1) is 25.0. The van der Waals surface area contributed by atoms with Crippen LogP contribution in [-0.2, 0) is 11.8 Å². The van der Waals surface area contributed by atoms with Crippen LogP contribution in [0.4, 0.5) is 14.5 Å². The predicted molar refractivity (Wildman–Crippen MR) is 138 cm³/mol. The fraction of sp³-hybridized carbons (Fsp3) is 0.214. The zero-order chi connectivity index (χ0) is 27.0. The number of anilines is 1. The smallest absolute Gasteiger partial charge is 0.252 e. The number of nitrogens with zero attached hydrogens (tertiary/aromatic N) is 5. The van der Waals surface area contributed by atoms with E-state index >= 15 is 0 Å². The number of benzene rings is 2. The lowest BCUT2D eigenvalue weighted by atomic mass is 9.94. The fourth-order valence-electron chi connectivity index (χ4n) is 5.06. The number of carbonyl (C=O) groups excluding carboxylic acids is 1. The maximum Gasteiger partial charge on any atom is 0.252 e. The summed E-state index contributed by atoms with van der Waals surface area (Å²) < 4.78 is 28.9. The van der Waals surface area contributed by atoms with Crippen LogP contribution in [0.5, 0.6) is 0 Å². The number of aryl methyl sites for hydroxylation is 1. The SMILES string of the molecule is Cn1c(=O)cc(N2CCN(C(c3ccc(F)cc3)c3ccc(F)cc3)C(C(N)=O)C2)c2nc(C#N)ccc21. The van der Waals surface area contributed by atoms with Gasteiger partial charge >= 0.3 is 0 Å². The van der Waals surface area contributed by atoms with Gasteiger partial charge in [0.2, 0.25) is 5.91 Å². The van der Waals surface area contributed by atoms with Gasteiger partial charge in [0.1, 0.15) is 35.0 Å². The lowest BCUT2D eigenvalue weighted by Crippen LogP contribution is -2.59. The Balaban J connectivity index is 1.57. The van der Waals surface area contributed by atoms with Crippen molar-refractivity contribution in [2.24, 2.45) is 12.8 Å². The third-order valence-corrected chi connectivity index (χ3v) is 6.98. The Morgan fingerprint density at radius 2 is 1.63 bits per heavy atom. The van der Waals surface area contributed by atoms with E-state index in [4.69, 9.17) is 5.73 Å². The Morgan fingerprint density at radius 3 is 2.18 bits per heavy atom. The summed E-state index contributed by atoms with van der Waals surface area (Å²) in [4.78, 5) is 33.8. The molecule has 4 aromatic rings. The zero-order valence-corrected chi connectivity index (χ0v) is 20.5. The quantitative estimate of drug-likeness (QED) is 0.439. The highest BCUT2D eigenvalue weighted by Gasteiger charge is 2.37. The molecule has 1 atom stereocenters. The minimum atomic E-state index is -0.804. The highest BCUT2D eigenvalue weighted by Crippen LogP contribution is 2.34. The summed E-state index contributed by atoms with van der Waals surface area (Å²) in [5.41, 5.74) is 8.82. The van der Waals surface area contributed by atoms with Crippen LogP contribution in [0.3, 0.4) is 0 Å².